The molecule has 0 saturated carbocycles. The quantitative estimate of drug-likeness (QED) is 0.302. The molecule has 1 rings (SSSR count). The number of nitriles is 1. The number of rotatable bonds is 3. The van der Waals surface area contributed by atoms with Crippen LogP contribution in [0.15, 0.2) is 21.9 Å². The SMILES string of the molecule is N#Cc1cc(C(=O)CN=[N+]=[N-])co1. The van der Waals surface area contributed by atoms with E-state index < -0.39 is 0 Å². The van der Waals surface area contributed by atoms with Crippen molar-refractivity contribution in [3.8, 4) is 6.07 Å². The van der Waals surface area contributed by atoms with Crippen LogP contribution in [-0.2, 0) is 0 Å². The van der Waals surface area contributed by atoms with Gasteiger partial charge in [0.1, 0.15) is 12.3 Å². The van der Waals surface area contributed by atoms with Crippen LogP contribution in [-0.4, -0.2) is 12.3 Å². The Hall–Kier alpha value is -2.25. The Morgan fingerprint density at radius 2 is 2.62 bits per heavy atom. The number of carbonyl (C=O) groups excluding carboxylic acids is 1. The highest BCUT2D eigenvalue weighted by atomic mass is 16.3. The summed E-state index contributed by atoms with van der Waals surface area (Å²) in [7, 11) is 0. The third-order valence-electron chi connectivity index (χ3n) is 1.31. The minimum Gasteiger partial charge on any atom is -0.453 e. The number of azide groups is 1. The molecule has 6 nitrogen and oxygen atoms in total. The zero-order chi connectivity index (χ0) is 9.68. The zero-order valence-electron chi connectivity index (χ0n) is 6.47. The lowest BCUT2D eigenvalue weighted by Crippen LogP contribution is -2.00. The van der Waals surface area contributed by atoms with Crippen molar-refractivity contribution in [2.45, 2.75) is 0 Å². The Balaban J connectivity index is 2.78. The number of hydrogen-bond acceptors (Lipinski definition) is 4. The first-order chi connectivity index (χ1) is 6.27. The number of furan rings is 1. The summed E-state index contributed by atoms with van der Waals surface area (Å²) in [6.07, 6.45) is 1.16. The minimum absolute atomic E-state index is 0.0595. The molecule has 0 atom stereocenters. The van der Waals surface area contributed by atoms with Crippen LogP contribution in [0.25, 0.3) is 10.4 Å². The van der Waals surface area contributed by atoms with E-state index in [-0.39, 0.29) is 23.7 Å². The molecule has 0 fully saturated rings. The Bertz CT molecular complexity index is 408. The van der Waals surface area contributed by atoms with Crippen molar-refractivity contribution in [3.63, 3.8) is 0 Å². The predicted octanol–water partition coefficient (Wildman–Crippen LogP) is 1.64. The Labute approximate surface area is 73.0 Å². The van der Waals surface area contributed by atoms with Gasteiger partial charge in [0.05, 0.1) is 12.1 Å². The summed E-state index contributed by atoms with van der Waals surface area (Å²) in [4.78, 5) is 13.5. The maximum Gasteiger partial charge on any atom is 0.203 e. The van der Waals surface area contributed by atoms with E-state index in [4.69, 9.17) is 15.2 Å². The minimum atomic E-state index is -0.372. The number of hydrogen-bond donors (Lipinski definition) is 0. The lowest BCUT2D eigenvalue weighted by Gasteiger charge is -1.86. The van der Waals surface area contributed by atoms with Crippen molar-refractivity contribution < 1.29 is 9.21 Å². The summed E-state index contributed by atoms with van der Waals surface area (Å²) in [6, 6.07) is 3.04. The number of nitrogens with zero attached hydrogens (tertiary/aromatic N) is 4. The average molecular weight is 176 g/mol. The molecule has 0 aliphatic heterocycles. The Kier molecular flexibility index (Phi) is 2.69. The van der Waals surface area contributed by atoms with Gasteiger partial charge in [0.2, 0.25) is 5.76 Å². The number of carbonyl (C=O) groups is 1. The highest BCUT2D eigenvalue weighted by Gasteiger charge is 2.08. The van der Waals surface area contributed by atoms with Gasteiger partial charge in [0.25, 0.3) is 0 Å². The van der Waals surface area contributed by atoms with Gasteiger partial charge in [-0.3, -0.25) is 4.79 Å². The van der Waals surface area contributed by atoms with E-state index in [1.807, 2.05) is 0 Å². The molecule has 1 aromatic rings. The molecule has 0 unspecified atom stereocenters. The van der Waals surface area contributed by atoms with Crippen molar-refractivity contribution in [2.24, 2.45) is 5.11 Å². The number of Topliss-reactive ketones (excluding diaryl/α,β-unsaturated/α-hetero) is 1. The molecule has 0 spiro atoms. The van der Waals surface area contributed by atoms with E-state index in [1.54, 1.807) is 6.07 Å². The Morgan fingerprint density at radius 1 is 1.85 bits per heavy atom. The topological polar surface area (TPSA) is 103 Å². The third kappa shape index (κ3) is 2.09. The lowest BCUT2D eigenvalue weighted by atomic mass is 10.2. The zero-order valence-corrected chi connectivity index (χ0v) is 6.47. The van der Waals surface area contributed by atoms with Gasteiger partial charge in [-0.2, -0.15) is 5.26 Å². The molecule has 6 heteroatoms. The molecule has 0 aliphatic rings. The smallest absolute Gasteiger partial charge is 0.203 e. The first-order valence-corrected chi connectivity index (χ1v) is 3.30. The molecule has 0 bridgehead atoms. The highest BCUT2D eigenvalue weighted by Crippen LogP contribution is 2.07. The molecule has 13 heavy (non-hydrogen) atoms. The Morgan fingerprint density at radius 3 is 3.15 bits per heavy atom. The fraction of sp³-hybridized carbons (Fsp3) is 0.143. The van der Waals surface area contributed by atoms with Gasteiger partial charge >= 0.3 is 0 Å². The lowest BCUT2D eigenvalue weighted by molar-refractivity contribution is 0.100. The maximum absolute atomic E-state index is 11.1. The van der Waals surface area contributed by atoms with Crippen molar-refractivity contribution in [1.82, 2.24) is 0 Å². The first-order valence-electron chi connectivity index (χ1n) is 3.30. The summed E-state index contributed by atoms with van der Waals surface area (Å²) < 4.78 is 4.70. The average Bonchev–Trinajstić information content (AvgIpc) is 2.62. The number of ketones is 1. The monoisotopic (exact) mass is 176 g/mol. The van der Waals surface area contributed by atoms with Crippen LogP contribution in [0.3, 0.4) is 0 Å². The second kappa shape index (κ2) is 3.95. The van der Waals surface area contributed by atoms with Gasteiger partial charge in [0.15, 0.2) is 5.78 Å². The molecule has 0 aromatic carbocycles. The van der Waals surface area contributed by atoms with Crippen LogP contribution < -0.4 is 0 Å². The summed E-state index contributed by atoms with van der Waals surface area (Å²) in [5.41, 5.74) is 8.18. The van der Waals surface area contributed by atoms with Gasteiger partial charge in [-0.1, -0.05) is 5.11 Å². The standard InChI is InChI=1S/C7H4N4O2/c8-2-6-1-5(4-13-6)7(12)3-10-11-9/h1,4H,3H2. The molecule has 0 aliphatic carbocycles. The van der Waals surface area contributed by atoms with E-state index in [0.717, 1.165) is 6.26 Å². The molecular weight excluding hydrogens is 172 g/mol. The van der Waals surface area contributed by atoms with E-state index in [9.17, 15) is 4.79 Å². The van der Waals surface area contributed by atoms with Gasteiger partial charge in [-0.15, -0.1) is 0 Å². The molecule has 0 radical (unpaired) electrons. The molecule has 64 valence electrons. The van der Waals surface area contributed by atoms with Crippen molar-refractivity contribution in [1.29, 1.82) is 5.26 Å². The van der Waals surface area contributed by atoms with E-state index in [0.29, 0.717) is 0 Å². The molecule has 0 amide bonds. The van der Waals surface area contributed by atoms with Crippen LogP contribution in [0.1, 0.15) is 16.1 Å². The van der Waals surface area contributed by atoms with Crippen molar-refractivity contribution >= 4 is 5.78 Å². The van der Waals surface area contributed by atoms with Crippen molar-refractivity contribution in [2.75, 3.05) is 6.54 Å². The maximum atomic E-state index is 11.1. The largest absolute Gasteiger partial charge is 0.453 e. The van der Waals surface area contributed by atoms with Crippen LogP contribution >= 0.6 is 0 Å². The van der Waals surface area contributed by atoms with Gasteiger partial charge in [-0.25, -0.2) is 0 Å². The summed E-state index contributed by atoms with van der Waals surface area (Å²) >= 11 is 0. The molecule has 0 saturated heterocycles. The second-order valence-corrected chi connectivity index (χ2v) is 2.12. The van der Waals surface area contributed by atoms with E-state index >= 15 is 0 Å². The van der Waals surface area contributed by atoms with E-state index in [1.165, 1.54) is 6.07 Å². The van der Waals surface area contributed by atoms with Gasteiger partial charge in [-0.05, 0) is 5.53 Å². The molecule has 1 heterocycles. The molecule has 1 aromatic heterocycles. The van der Waals surface area contributed by atoms with Gasteiger partial charge < -0.3 is 4.42 Å². The highest BCUT2D eigenvalue weighted by molar-refractivity contribution is 5.97. The van der Waals surface area contributed by atoms with E-state index in [2.05, 4.69) is 10.0 Å². The van der Waals surface area contributed by atoms with Crippen LogP contribution in [0.5, 0.6) is 0 Å². The van der Waals surface area contributed by atoms with Crippen LogP contribution in [0.4, 0.5) is 0 Å². The predicted molar refractivity (Wildman–Crippen MR) is 41.8 cm³/mol. The normalized spacial score (nSPS) is 8.54. The summed E-state index contributed by atoms with van der Waals surface area (Å²) in [5, 5.41) is 11.5. The molecular formula is C7H4N4O2. The summed E-state index contributed by atoms with van der Waals surface area (Å²) in [5.74, 6) is -0.313. The fourth-order valence-electron chi connectivity index (χ4n) is 0.728. The second-order valence-electron chi connectivity index (χ2n) is 2.12. The van der Waals surface area contributed by atoms with Crippen LogP contribution in [0.2, 0.25) is 0 Å². The van der Waals surface area contributed by atoms with Crippen LogP contribution in [0, 0.1) is 11.3 Å². The van der Waals surface area contributed by atoms with Crippen molar-refractivity contribution in [3.05, 3.63) is 34.1 Å². The third-order valence-corrected chi connectivity index (χ3v) is 1.31. The first kappa shape index (κ1) is 8.84. The fourth-order valence-corrected chi connectivity index (χ4v) is 0.728. The molecule has 0 N–H and O–H groups in total. The van der Waals surface area contributed by atoms with Gasteiger partial charge in [0, 0.05) is 11.0 Å². The summed E-state index contributed by atoms with van der Waals surface area (Å²) in [6.45, 7) is -0.263.